The lowest BCUT2D eigenvalue weighted by Crippen LogP contribution is -2.35. The highest BCUT2D eigenvalue weighted by molar-refractivity contribution is 9.08. The summed E-state index contributed by atoms with van der Waals surface area (Å²) in [5, 5.41) is 1.87. The lowest BCUT2D eigenvalue weighted by atomic mass is 10.8. The molecule has 6 heteroatoms. The molecule has 0 aliphatic carbocycles. The average Bonchev–Trinajstić information content (AvgIpc) is 1.88. The van der Waals surface area contributed by atoms with Gasteiger partial charge in [0, 0.05) is 0 Å². The first-order valence-corrected chi connectivity index (χ1v) is 3.34. The van der Waals surface area contributed by atoms with Crippen molar-refractivity contribution in [1.29, 1.82) is 0 Å². The van der Waals surface area contributed by atoms with Crippen molar-refractivity contribution in [2.45, 2.75) is 6.92 Å². The minimum Gasteiger partial charge on any atom is -0.450 e. The Kier molecular flexibility index (Phi) is 4.65. The van der Waals surface area contributed by atoms with Crippen LogP contribution in [-0.2, 0) is 4.74 Å². The number of alkyl carbamates (subject to hydrolysis) is 1. The molecule has 0 aromatic rings. The van der Waals surface area contributed by atoms with Crippen molar-refractivity contribution >= 4 is 28.3 Å². The number of ether oxygens (including phenoxy) is 1. The molecule has 0 aliphatic rings. The molecule has 0 saturated heterocycles. The Morgan fingerprint density at radius 2 is 2.20 bits per heavy atom. The van der Waals surface area contributed by atoms with Gasteiger partial charge in [-0.2, -0.15) is 0 Å². The highest BCUT2D eigenvalue weighted by Crippen LogP contribution is 1.77. The van der Waals surface area contributed by atoms with Crippen LogP contribution in [0.5, 0.6) is 0 Å². The molecule has 0 aromatic carbocycles. The Hall–Kier alpha value is -0.780. The maximum absolute atomic E-state index is 10.4. The van der Waals surface area contributed by atoms with Gasteiger partial charge in [-0.25, -0.2) is 14.9 Å². The molecular weight excluding hydrogens is 204 g/mol. The zero-order valence-electron chi connectivity index (χ0n) is 5.31. The van der Waals surface area contributed by atoms with Gasteiger partial charge in [0.15, 0.2) is 0 Å². The molecular formula is C4H7BrN2O3. The Morgan fingerprint density at radius 1 is 1.60 bits per heavy atom. The van der Waals surface area contributed by atoms with E-state index in [0.29, 0.717) is 0 Å². The number of hydrogen-bond donors (Lipinski definition) is 2. The van der Waals surface area contributed by atoms with E-state index in [1.165, 1.54) is 0 Å². The minimum absolute atomic E-state index is 0.237. The van der Waals surface area contributed by atoms with Gasteiger partial charge in [0.05, 0.1) is 22.8 Å². The second-order valence-electron chi connectivity index (χ2n) is 1.27. The summed E-state index contributed by atoms with van der Waals surface area (Å²) in [6, 6.07) is -0.654. The number of nitrogens with one attached hydrogen (secondary N) is 2. The van der Waals surface area contributed by atoms with Gasteiger partial charge < -0.3 is 4.74 Å². The van der Waals surface area contributed by atoms with Crippen LogP contribution in [-0.4, -0.2) is 18.7 Å². The van der Waals surface area contributed by atoms with Crippen molar-refractivity contribution in [3.8, 4) is 0 Å². The molecule has 0 aliphatic heterocycles. The van der Waals surface area contributed by atoms with Crippen LogP contribution in [0, 0.1) is 0 Å². The number of halogens is 1. The summed E-state index contributed by atoms with van der Waals surface area (Å²) in [7, 11) is 0. The van der Waals surface area contributed by atoms with Gasteiger partial charge in [0.1, 0.15) is 0 Å². The monoisotopic (exact) mass is 210 g/mol. The van der Waals surface area contributed by atoms with Gasteiger partial charge in [-0.15, -0.1) is 0 Å². The fourth-order valence-corrected chi connectivity index (χ4v) is 0.383. The number of carbonyl (C=O) groups is 2. The number of hydrogen-bond acceptors (Lipinski definition) is 3. The molecule has 2 N–H and O–H groups in total. The summed E-state index contributed by atoms with van der Waals surface area (Å²) in [5.74, 6) is 0. The maximum atomic E-state index is 10.4. The SMILES string of the molecule is CCOC(=O)NC(=O)NBr. The van der Waals surface area contributed by atoms with E-state index in [0.717, 1.165) is 0 Å². The van der Waals surface area contributed by atoms with E-state index in [-0.39, 0.29) is 6.61 Å². The maximum Gasteiger partial charge on any atom is 0.415 e. The minimum atomic E-state index is -0.764. The predicted octanol–water partition coefficient (Wildman–Crippen LogP) is 0.752. The molecule has 58 valence electrons. The third-order valence-corrected chi connectivity index (χ3v) is 0.937. The molecule has 0 unspecified atom stereocenters. The van der Waals surface area contributed by atoms with Gasteiger partial charge >= 0.3 is 12.1 Å². The molecule has 0 bridgehead atoms. The third-order valence-electron chi connectivity index (χ3n) is 0.577. The largest absolute Gasteiger partial charge is 0.450 e. The number of carbonyl (C=O) groups excluding carboxylic acids is 2. The number of urea groups is 1. The lowest BCUT2D eigenvalue weighted by molar-refractivity contribution is 0.153. The van der Waals surface area contributed by atoms with E-state index in [9.17, 15) is 9.59 Å². The normalized spacial score (nSPS) is 8.20. The summed E-state index contributed by atoms with van der Waals surface area (Å²) in [5.41, 5.74) is 0. The van der Waals surface area contributed by atoms with Crippen LogP contribution in [0.2, 0.25) is 0 Å². The van der Waals surface area contributed by atoms with Crippen LogP contribution < -0.4 is 9.66 Å². The first-order chi connectivity index (χ1) is 4.70. The van der Waals surface area contributed by atoms with Gasteiger partial charge in [0.2, 0.25) is 0 Å². The molecule has 0 fully saturated rings. The fraction of sp³-hybridized carbons (Fsp3) is 0.500. The second-order valence-corrected chi connectivity index (χ2v) is 1.67. The average molecular weight is 211 g/mol. The highest BCUT2D eigenvalue weighted by Gasteiger charge is 2.04. The summed E-state index contributed by atoms with van der Waals surface area (Å²) in [6.07, 6.45) is -0.764. The molecule has 0 saturated carbocycles. The van der Waals surface area contributed by atoms with Crippen molar-refractivity contribution < 1.29 is 14.3 Å². The smallest absolute Gasteiger partial charge is 0.415 e. The Bertz CT molecular complexity index is 138. The van der Waals surface area contributed by atoms with Crippen molar-refractivity contribution in [3.05, 3.63) is 0 Å². The van der Waals surface area contributed by atoms with E-state index in [1.54, 1.807) is 6.92 Å². The highest BCUT2D eigenvalue weighted by atomic mass is 79.9. The second kappa shape index (κ2) is 5.04. The van der Waals surface area contributed by atoms with E-state index in [2.05, 4.69) is 20.9 Å². The first-order valence-electron chi connectivity index (χ1n) is 2.55. The van der Waals surface area contributed by atoms with Crippen molar-refractivity contribution in [1.82, 2.24) is 9.66 Å². The summed E-state index contributed by atoms with van der Waals surface area (Å²) in [6.45, 7) is 1.88. The Morgan fingerprint density at radius 3 is 2.60 bits per heavy atom. The Labute approximate surface area is 66.4 Å². The van der Waals surface area contributed by atoms with Crippen LogP contribution in [0.1, 0.15) is 6.92 Å². The van der Waals surface area contributed by atoms with Crippen LogP contribution in [0.3, 0.4) is 0 Å². The van der Waals surface area contributed by atoms with Gasteiger partial charge in [-0.1, -0.05) is 0 Å². The first kappa shape index (κ1) is 9.22. The van der Waals surface area contributed by atoms with Crippen LogP contribution in [0.4, 0.5) is 9.59 Å². The molecule has 0 aromatic heterocycles. The van der Waals surface area contributed by atoms with Crippen molar-refractivity contribution in [3.63, 3.8) is 0 Å². The van der Waals surface area contributed by atoms with Gasteiger partial charge in [0.25, 0.3) is 0 Å². The molecule has 0 atom stereocenters. The molecule has 5 nitrogen and oxygen atoms in total. The van der Waals surface area contributed by atoms with E-state index < -0.39 is 12.1 Å². The van der Waals surface area contributed by atoms with Crippen LogP contribution >= 0.6 is 16.1 Å². The predicted molar refractivity (Wildman–Crippen MR) is 37.6 cm³/mol. The van der Waals surface area contributed by atoms with Crippen molar-refractivity contribution in [2.24, 2.45) is 0 Å². The fourth-order valence-electron chi connectivity index (χ4n) is 0.283. The van der Waals surface area contributed by atoms with Crippen LogP contribution in [0.15, 0.2) is 0 Å². The standard InChI is InChI=1S/C4H7BrN2O3/c1-2-10-4(9)6-3(8)7-5/h2H2,1H3,(H2,6,7,8,9). The molecule has 0 radical (unpaired) electrons. The summed E-state index contributed by atoms with van der Waals surface area (Å²) >= 11 is 2.62. The number of imide groups is 1. The third kappa shape index (κ3) is 4.13. The lowest BCUT2D eigenvalue weighted by Gasteiger charge is -2.00. The number of amides is 3. The van der Waals surface area contributed by atoms with Crippen LogP contribution in [0.25, 0.3) is 0 Å². The molecule has 0 spiro atoms. The molecule has 10 heavy (non-hydrogen) atoms. The van der Waals surface area contributed by atoms with Gasteiger partial charge in [-0.3, -0.25) is 4.34 Å². The van der Waals surface area contributed by atoms with Gasteiger partial charge in [-0.05, 0) is 6.92 Å². The molecule has 0 heterocycles. The van der Waals surface area contributed by atoms with E-state index in [4.69, 9.17) is 0 Å². The zero-order chi connectivity index (χ0) is 7.98. The number of rotatable bonds is 1. The quantitative estimate of drug-likeness (QED) is 0.629. The molecule has 3 amide bonds. The summed E-state index contributed by atoms with van der Waals surface area (Å²) in [4.78, 5) is 20.7. The Balaban J connectivity index is 3.47. The van der Waals surface area contributed by atoms with E-state index >= 15 is 0 Å². The topological polar surface area (TPSA) is 67.4 Å². The van der Waals surface area contributed by atoms with Crippen molar-refractivity contribution in [2.75, 3.05) is 6.61 Å². The van der Waals surface area contributed by atoms with E-state index in [1.807, 2.05) is 9.66 Å². The summed E-state index contributed by atoms with van der Waals surface area (Å²) < 4.78 is 6.40. The zero-order valence-corrected chi connectivity index (χ0v) is 6.90. The molecule has 0 rings (SSSR count).